The van der Waals surface area contributed by atoms with Crippen LogP contribution in [-0.2, 0) is 0 Å². The van der Waals surface area contributed by atoms with Gasteiger partial charge in [0, 0.05) is 13.0 Å². The number of hydrogen-bond donors (Lipinski definition) is 1. The molecule has 7 heteroatoms. The van der Waals surface area contributed by atoms with Crippen molar-refractivity contribution in [2.75, 3.05) is 6.54 Å². The zero-order chi connectivity index (χ0) is 11.4. The molecule has 16 heavy (non-hydrogen) atoms. The van der Waals surface area contributed by atoms with E-state index in [2.05, 4.69) is 15.3 Å². The maximum atomic E-state index is 10.4. The molecular formula is C9H10N4O3. The fraction of sp³-hybridized carbons (Fsp3) is 0.333. The molecular weight excluding hydrogens is 212 g/mol. The van der Waals surface area contributed by atoms with E-state index in [-0.39, 0.29) is 6.10 Å². The zero-order valence-corrected chi connectivity index (χ0v) is 8.37. The summed E-state index contributed by atoms with van der Waals surface area (Å²) in [5.74, 6) is 0.505. The molecule has 7 nitrogen and oxygen atoms in total. The lowest BCUT2D eigenvalue weighted by atomic mass is 10.2. The van der Waals surface area contributed by atoms with Gasteiger partial charge in [-0.1, -0.05) is 0 Å². The van der Waals surface area contributed by atoms with Crippen LogP contribution in [0.5, 0.6) is 5.75 Å². The molecule has 2 rings (SSSR count). The zero-order valence-electron chi connectivity index (χ0n) is 8.37. The predicted octanol–water partition coefficient (Wildman–Crippen LogP) is 0.335. The van der Waals surface area contributed by atoms with E-state index < -0.39 is 4.92 Å². The van der Waals surface area contributed by atoms with E-state index in [0.717, 1.165) is 6.20 Å². The van der Waals surface area contributed by atoms with Gasteiger partial charge in [-0.3, -0.25) is 10.1 Å². The first kappa shape index (κ1) is 10.3. The summed E-state index contributed by atoms with van der Waals surface area (Å²) in [5.41, 5.74) is 0.480. The van der Waals surface area contributed by atoms with Gasteiger partial charge in [0.25, 0.3) is 6.20 Å². The number of nitro groups is 1. The predicted molar refractivity (Wildman–Crippen MR) is 54.1 cm³/mol. The van der Waals surface area contributed by atoms with Crippen molar-refractivity contribution >= 4 is 0 Å². The summed E-state index contributed by atoms with van der Waals surface area (Å²) in [6.45, 7) is 0.665. The molecule has 0 aromatic carbocycles. The summed E-state index contributed by atoms with van der Waals surface area (Å²) < 4.78 is 5.53. The summed E-state index contributed by atoms with van der Waals surface area (Å²) in [7, 11) is 0. The number of aromatic nitrogens is 2. The lowest BCUT2D eigenvalue weighted by Gasteiger charge is -2.11. The Morgan fingerprint density at radius 2 is 2.31 bits per heavy atom. The van der Waals surface area contributed by atoms with E-state index in [0.29, 0.717) is 24.4 Å². The topological polar surface area (TPSA) is 90.2 Å². The highest BCUT2D eigenvalue weighted by molar-refractivity contribution is 5.16. The fourth-order valence-electron chi connectivity index (χ4n) is 1.49. The van der Waals surface area contributed by atoms with Crippen molar-refractivity contribution < 1.29 is 9.66 Å². The van der Waals surface area contributed by atoms with E-state index in [1.54, 1.807) is 0 Å². The molecule has 1 saturated heterocycles. The molecule has 0 bridgehead atoms. The highest BCUT2D eigenvalue weighted by Gasteiger charge is 2.25. The molecule has 2 heterocycles. The van der Waals surface area contributed by atoms with Crippen molar-refractivity contribution in [3.8, 4) is 5.75 Å². The van der Waals surface area contributed by atoms with Gasteiger partial charge < -0.3 is 10.1 Å². The smallest absolute Gasteiger partial charge is 0.257 e. The van der Waals surface area contributed by atoms with Gasteiger partial charge >= 0.3 is 0 Å². The van der Waals surface area contributed by atoms with E-state index in [1.807, 2.05) is 0 Å². The molecule has 1 fully saturated rings. The molecule has 1 unspecified atom stereocenters. The van der Waals surface area contributed by atoms with Gasteiger partial charge in [0.1, 0.15) is 18.1 Å². The highest BCUT2D eigenvalue weighted by atomic mass is 16.6. The van der Waals surface area contributed by atoms with E-state index in [4.69, 9.17) is 4.74 Å². The number of nitrogens with zero attached hydrogens (tertiary/aromatic N) is 3. The molecule has 84 valence electrons. The Balaban J connectivity index is 2.07. The first-order chi connectivity index (χ1) is 7.75. The number of ether oxygens (including phenoxy) is 1. The fourth-order valence-corrected chi connectivity index (χ4v) is 1.49. The molecule has 1 atom stereocenters. The van der Waals surface area contributed by atoms with E-state index >= 15 is 0 Å². The van der Waals surface area contributed by atoms with Gasteiger partial charge in [-0.25, -0.2) is 9.97 Å². The maximum absolute atomic E-state index is 10.4. The van der Waals surface area contributed by atoms with Gasteiger partial charge in [0.2, 0.25) is 0 Å². The van der Waals surface area contributed by atoms with Crippen LogP contribution in [0.2, 0.25) is 0 Å². The minimum Gasteiger partial charge on any atom is -0.481 e. The van der Waals surface area contributed by atoms with Crippen LogP contribution < -0.4 is 10.1 Å². The van der Waals surface area contributed by atoms with Crippen molar-refractivity contribution in [2.45, 2.75) is 12.5 Å². The molecule has 0 radical (unpaired) electrons. The second-order valence-corrected chi connectivity index (χ2v) is 3.27. The van der Waals surface area contributed by atoms with Crippen LogP contribution in [0.15, 0.2) is 30.6 Å². The molecule has 1 aromatic rings. The number of rotatable bonds is 3. The lowest BCUT2D eigenvalue weighted by Crippen LogP contribution is -2.19. The third-order valence-corrected chi connectivity index (χ3v) is 2.14. The van der Waals surface area contributed by atoms with Gasteiger partial charge in [0.05, 0.1) is 17.3 Å². The first-order valence-electron chi connectivity index (χ1n) is 4.76. The second-order valence-electron chi connectivity index (χ2n) is 3.27. The Hall–Kier alpha value is -2.18. The second kappa shape index (κ2) is 4.56. The summed E-state index contributed by atoms with van der Waals surface area (Å²) in [4.78, 5) is 17.5. The van der Waals surface area contributed by atoms with Gasteiger partial charge in [0.15, 0.2) is 5.75 Å². The summed E-state index contributed by atoms with van der Waals surface area (Å²) in [5, 5.41) is 13.3. The molecule has 0 spiro atoms. The minimum atomic E-state index is -0.495. The molecule has 0 aliphatic carbocycles. The third kappa shape index (κ3) is 2.44. The molecule has 0 amide bonds. The van der Waals surface area contributed by atoms with Crippen molar-refractivity contribution in [1.82, 2.24) is 15.3 Å². The normalized spacial score (nSPS) is 21.8. The van der Waals surface area contributed by atoms with Crippen LogP contribution in [0.3, 0.4) is 0 Å². The van der Waals surface area contributed by atoms with Crippen molar-refractivity contribution in [3.63, 3.8) is 0 Å². The standard InChI is InChI=1S/C9H10N4O3/c14-13(15)5-8-9(1-2-12-8)16-7-3-10-6-11-4-7/h3-6,9,12H,1-2H2/b8-5-. The maximum Gasteiger partial charge on any atom is 0.257 e. The van der Waals surface area contributed by atoms with Crippen LogP contribution in [0.1, 0.15) is 6.42 Å². The monoisotopic (exact) mass is 222 g/mol. The van der Waals surface area contributed by atoms with Crippen LogP contribution >= 0.6 is 0 Å². The summed E-state index contributed by atoms with van der Waals surface area (Å²) in [6.07, 6.45) is 5.74. The van der Waals surface area contributed by atoms with Crippen LogP contribution in [0, 0.1) is 10.1 Å². The van der Waals surface area contributed by atoms with Gasteiger partial charge in [-0.15, -0.1) is 0 Å². The minimum absolute atomic E-state index is 0.323. The average molecular weight is 222 g/mol. The molecule has 1 aromatic heterocycles. The first-order valence-corrected chi connectivity index (χ1v) is 4.76. The Kier molecular flexibility index (Phi) is 2.95. The quantitative estimate of drug-likeness (QED) is 0.585. The number of nitrogens with one attached hydrogen (secondary N) is 1. The van der Waals surface area contributed by atoms with E-state index in [1.165, 1.54) is 18.7 Å². The lowest BCUT2D eigenvalue weighted by molar-refractivity contribution is -0.404. The Morgan fingerprint density at radius 3 is 3.00 bits per heavy atom. The SMILES string of the molecule is O=[N+]([O-])/C=C1\NCCC1Oc1cncnc1. The van der Waals surface area contributed by atoms with Crippen LogP contribution in [-0.4, -0.2) is 27.5 Å². The molecule has 0 saturated carbocycles. The highest BCUT2D eigenvalue weighted by Crippen LogP contribution is 2.18. The summed E-state index contributed by atoms with van der Waals surface area (Å²) in [6, 6.07) is 0. The average Bonchev–Trinajstić information content (AvgIpc) is 2.66. The third-order valence-electron chi connectivity index (χ3n) is 2.14. The number of hydrogen-bond acceptors (Lipinski definition) is 6. The van der Waals surface area contributed by atoms with Crippen LogP contribution in [0.4, 0.5) is 0 Å². The Bertz CT molecular complexity index is 406. The van der Waals surface area contributed by atoms with Crippen molar-refractivity contribution in [1.29, 1.82) is 0 Å². The van der Waals surface area contributed by atoms with Crippen molar-refractivity contribution in [3.05, 3.63) is 40.7 Å². The van der Waals surface area contributed by atoms with Crippen molar-refractivity contribution in [2.24, 2.45) is 0 Å². The Morgan fingerprint density at radius 1 is 1.56 bits per heavy atom. The van der Waals surface area contributed by atoms with Gasteiger partial charge in [-0.2, -0.15) is 0 Å². The van der Waals surface area contributed by atoms with Crippen LogP contribution in [0.25, 0.3) is 0 Å². The summed E-state index contributed by atoms with van der Waals surface area (Å²) >= 11 is 0. The largest absolute Gasteiger partial charge is 0.481 e. The van der Waals surface area contributed by atoms with Gasteiger partial charge in [-0.05, 0) is 0 Å². The molecule has 1 aliphatic rings. The van der Waals surface area contributed by atoms with E-state index in [9.17, 15) is 10.1 Å². The molecule has 1 N–H and O–H groups in total. The molecule has 1 aliphatic heterocycles. The Labute approximate surface area is 91.3 Å².